The molecule has 1 unspecified atom stereocenters. The van der Waals surface area contributed by atoms with E-state index in [1.54, 1.807) is 44.0 Å². The number of hydrogen-bond acceptors (Lipinski definition) is 17. The third kappa shape index (κ3) is 8.20. The van der Waals surface area contributed by atoms with Crippen molar-refractivity contribution in [2.75, 3.05) is 19.8 Å². The van der Waals surface area contributed by atoms with Gasteiger partial charge in [-0.1, -0.05) is 33.1 Å². The topological polar surface area (TPSA) is 213 Å². The maximum absolute atomic E-state index is 9.04. The normalized spacial score (nSPS) is 14.4. The van der Waals surface area contributed by atoms with Crippen molar-refractivity contribution >= 4 is 65.7 Å². The molecule has 0 bridgehead atoms. The molecule has 11 rings (SSSR count). The monoisotopic (exact) mass is 840 g/mol. The number of pyridine rings is 4. The van der Waals surface area contributed by atoms with Crippen molar-refractivity contribution in [1.82, 2.24) is 79.5 Å². The molecule has 1 atom stereocenters. The number of thiazole rings is 2. The predicted octanol–water partition coefficient (Wildman–Crippen LogP) is 5.02. The van der Waals surface area contributed by atoms with E-state index in [-0.39, 0.29) is 12.9 Å². The van der Waals surface area contributed by atoms with E-state index in [0.717, 1.165) is 90.1 Å². The lowest BCUT2D eigenvalue weighted by Crippen LogP contribution is -2.24. The van der Waals surface area contributed by atoms with E-state index in [1.807, 2.05) is 71.8 Å². The Balaban J connectivity index is 0.000000147. The van der Waals surface area contributed by atoms with Gasteiger partial charge in [0.05, 0.1) is 63.2 Å². The molecular formula is C39H36N16O3S2. The number of aliphatic hydroxyl groups is 1. The van der Waals surface area contributed by atoms with Crippen LogP contribution in [-0.4, -0.2) is 111 Å². The molecule has 0 radical (unpaired) electrons. The summed E-state index contributed by atoms with van der Waals surface area (Å²) in [7, 11) is 0. The van der Waals surface area contributed by atoms with Gasteiger partial charge in [0, 0.05) is 42.5 Å². The summed E-state index contributed by atoms with van der Waals surface area (Å²) >= 11 is 3.09. The molecule has 11 heterocycles. The molecule has 0 aromatic carbocycles. The molecular weight excluding hydrogens is 805 g/mol. The smallest absolute Gasteiger partial charge is 0.179 e. The predicted molar refractivity (Wildman–Crippen MR) is 223 cm³/mol. The molecule has 1 fully saturated rings. The highest BCUT2D eigenvalue weighted by Gasteiger charge is 2.16. The Morgan fingerprint density at radius 1 is 0.683 bits per heavy atom. The Kier molecular flexibility index (Phi) is 10.7. The molecule has 60 heavy (non-hydrogen) atoms. The van der Waals surface area contributed by atoms with Gasteiger partial charge in [-0.2, -0.15) is 10.2 Å². The number of rotatable bonds is 12. The second-order valence-corrected chi connectivity index (χ2v) is 15.9. The van der Waals surface area contributed by atoms with Crippen LogP contribution in [0.25, 0.3) is 65.5 Å². The number of fused-ring (bicyclic) bond motifs is 4. The van der Waals surface area contributed by atoms with E-state index in [1.165, 1.54) is 11.3 Å². The number of aliphatic hydroxyl groups excluding tert-OH is 1. The lowest BCUT2D eigenvalue weighted by atomic mass is 10.2. The van der Waals surface area contributed by atoms with Crippen molar-refractivity contribution in [1.29, 1.82) is 0 Å². The van der Waals surface area contributed by atoms with Gasteiger partial charge in [-0.05, 0) is 67.8 Å². The molecule has 1 aliphatic heterocycles. The second-order valence-electron chi connectivity index (χ2n) is 13.8. The zero-order valence-electron chi connectivity index (χ0n) is 32.0. The Hall–Kier alpha value is -6.52. The Bertz CT molecular complexity index is 2970. The standard InChI is InChI=1S/C22H22N8O2S.C17H14N8OS/c1-2-10-31-20(5-1)32-11-9-29-13-15(12-24-29)16-6-7-17-21(26-16)30(28-27-17)14-19-25-18-4-3-8-23-22(18)33-19;26-7-6-24-9-11(8-19-24)12-3-4-13-16(21-12)25(23-22-13)10-15-20-14-2-1-5-18-17(14)27-15/h3-4,6-8,12-13,20H,1-2,5,9-11,14H2;1-5,8-9,26H,6-7,10H2. The zero-order chi connectivity index (χ0) is 40.3. The fourth-order valence-corrected chi connectivity index (χ4v) is 8.49. The summed E-state index contributed by atoms with van der Waals surface area (Å²) in [6.07, 6.45) is 14.1. The number of ether oxygens (including phenoxy) is 2. The average Bonchev–Trinajstić information content (AvgIpc) is 4.15. The quantitative estimate of drug-likeness (QED) is 0.171. The molecule has 1 N–H and O–H groups in total. The molecule has 0 saturated carbocycles. The summed E-state index contributed by atoms with van der Waals surface area (Å²) in [6, 6.07) is 15.3. The van der Waals surface area contributed by atoms with Crippen molar-refractivity contribution < 1.29 is 14.6 Å². The first-order valence-corrected chi connectivity index (χ1v) is 21.0. The third-order valence-corrected chi connectivity index (χ3v) is 11.6. The van der Waals surface area contributed by atoms with E-state index in [9.17, 15) is 0 Å². The molecule has 10 aromatic rings. The highest BCUT2D eigenvalue weighted by molar-refractivity contribution is 7.18. The molecule has 0 aliphatic carbocycles. The van der Waals surface area contributed by atoms with Crippen molar-refractivity contribution in [3.63, 3.8) is 0 Å². The molecule has 10 aromatic heterocycles. The molecule has 19 nitrogen and oxygen atoms in total. The van der Waals surface area contributed by atoms with Gasteiger partial charge in [-0.15, -0.1) is 10.2 Å². The van der Waals surface area contributed by atoms with Crippen LogP contribution < -0.4 is 0 Å². The average molecular weight is 841 g/mol. The van der Waals surface area contributed by atoms with Crippen LogP contribution >= 0.6 is 22.7 Å². The number of hydrogen-bond donors (Lipinski definition) is 1. The van der Waals surface area contributed by atoms with E-state index >= 15 is 0 Å². The van der Waals surface area contributed by atoms with Crippen molar-refractivity contribution in [2.45, 2.75) is 51.7 Å². The largest absolute Gasteiger partial charge is 0.394 e. The molecule has 302 valence electrons. The van der Waals surface area contributed by atoms with Gasteiger partial charge in [0.15, 0.2) is 17.6 Å². The van der Waals surface area contributed by atoms with Crippen molar-refractivity contribution in [3.05, 3.63) is 95.7 Å². The highest BCUT2D eigenvalue weighted by atomic mass is 32.1. The first-order chi connectivity index (χ1) is 29.6. The van der Waals surface area contributed by atoms with Crippen LogP contribution in [0.1, 0.15) is 29.3 Å². The summed E-state index contributed by atoms with van der Waals surface area (Å²) in [5.74, 6) is 0. The van der Waals surface area contributed by atoms with Crippen molar-refractivity contribution in [3.8, 4) is 22.5 Å². The maximum atomic E-state index is 9.04. The van der Waals surface area contributed by atoms with Crippen molar-refractivity contribution in [2.24, 2.45) is 0 Å². The Labute approximate surface area is 348 Å². The van der Waals surface area contributed by atoms with Crippen LogP contribution in [-0.2, 0) is 35.7 Å². The Morgan fingerprint density at radius 3 is 1.80 bits per heavy atom. The van der Waals surface area contributed by atoms with Crippen LogP contribution in [0.4, 0.5) is 0 Å². The van der Waals surface area contributed by atoms with Gasteiger partial charge in [0.1, 0.15) is 41.7 Å². The summed E-state index contributed by atoms with van der Waals surface area (Å²) in [5, 5.41) is 36.5. The van der Waals surface area contributed by atoms with Crippen LogP contribution in [0.3, 0.4) is 0 Å². The fraction of sp³-hybridized carbons (Fsp3) is 0.282. The molecule has 1 saturated heterocycles. The lowest BCUT2D eigenvalue weighted by molar-refractivity contribution is -0.163. The van der Waals surface area contributed by atoms with E-state index in [0.29, 0.717) is 44.1 Å². The van der Waals surface area contributed by atoms with Crippen LogP contribution in [0.2, 0.25) is 0 Å². The zero-order valence-corrected chi connectivity index (χ0v) is 33.6. The first-order valence-electron chi connectivity index (χ1n) is 19.3. The van der Waals surface area contributed by atoms with E-state index in [2.05, 4.69) is 50.8 Å². The minimum absolute atomic E-state index is 0.0430. The molecule has 0 spiro atoms. The second kappa shape index (κ2) is 17.0. The lowest BCUT2D eigenvalue weighted by Gasteiger charge is -2.22. The summed E-state index contributed by atoms with van der Waals surface area (Å²) in [6.45, 7) is 3.48. The van der Waals surface area contributed by atoms with Gasteiger partial charge in [-0.3, -0.25) is 9.36 Å². The minimum atomic E-state index is -0.0862. The first kappa shape index (κ1) is 37.7. The van der Waals surface area contributed by atoms with Crippen LogP contribution in [0, 0.1) is 0 Å². The number of nitrogens with zero attached hydrogens (tertiary/aromatic N) is 16. The van der Waals surface area contributed by atoms with Gasteiger partial charge in [0.25, 0.3) is 0 Å². The Morgan fingerprint density at radius 2 is 1.27 bits per heavy atom. The minimum Gasteiger partial charge on any atom is -0.394 e. The molecule has 0 amide bonds. The third-order valence-electron chi connectivity index (χ3n) is 9.66. The van der Waals surface area contributed by atoms with Crippen LogP contribution in [0.15, 0.2) is 85.7 Å². The van der Waals surface area contributed by atoms with Crippen LogP contribution in [0.5, 0.6) is 0 Å². The van der Waals surface area contributed by atoms with Gasteiger partial charge < -0.3 is 14.6 Å². The fourth-order valence-electron chi connectivity index (χ4n) is 6.72. The van der Waals surface area contributed by atoms with Gasteiger partial charge in [-0.25, -0.2) is 39.3 Å². The summed E-state index contributed by atoms with van der Waals surface area (Å²) in [4.78, 5) is 29.3. The SMILES string of the molecule is OCCn1cc(-c2ccc3nnn(Cc4nc5cccnc5s4)c3n2)cn1.c1cnc2sc(Cn3nnc4ccc(-c5cnn(CCOC6CCCCO6)c5)nc43)nc2c1. The maximum Gasteiger partial charge on any atom is 0.179 e. The highest BCUT2D eigenvalue weighted by Crippen LogP contribution is 2.25. The van der Waals surface area contributed by atoms with E-state index in [4.69, 9.17) is 24.5 Å². The number of aromatic nitrogens is 16. The van der Waals surface area contributed by atoms with Gasteiger partial charge in [0.2, 0.25) is 0 Å². The summed E-state index contributed by atoms with van der Waals surface area (Å²) in [5.41, 5.74) is 8.05. The molecule has 21 heteroatoms. The molecule has 1 aliphatic rings. The van der Waals surface area contributed by atoms with E-state index < -0.39 is 0 Å². The summed E-state index contributed by atoms with van der Waals surface area (Å²) < 4.78 is 18.5. The van der Waals surface area contributed by atoms with Gasteiger partial charge >= 0.3 is 0 Å².